The summed E-state index contributed by atoms with van der Waals surface area (Å²) in [6, 6.07) is 1.13. The number of fused-ring (bicyclic) bond motifs is 1. The third-order valence-electron chi connectivity index (χ3n) is 4.05. The van der Waals surface area contributed by atoms with Crippen molar-refractivity contribution in [2.45, 2.75) is 6.92 Å². The van der Waals surface area contributed by atoms with Crippen LogP contribution in [0.1, 0.15) is 17.3 Å². The van der Waals surface area contributed by atoms with E-state index in [0.717, 1.165) is 19.2 Å². The van der Waals surface area contributed by atoms with Gasteiger partial charge in [0.15, 0.2) is 17.3 Å². The average Bonchev–Trinajstić information content (AvgIpc) is 2.63. The van der Waals surface area contributed by atoms with Gasteiger partial charge in [0, 0.05) is 38.6 Å². The zero-order valence-electron chi connectivity index (χ0n) is 13.9. The summed E-state index contributed by atoms with van der Waals surface area (Å²) in [4.78, 5) is 30.7. The fourth-order valence-corrected chi connectivity index (χ4v) is 2.83. The molecule has 0 saturated carbocycles. The molecule has 0 aliphatic carbocycles. The van der Waals surface area contributed by atoms with Crippen LogP contribution in [0.25, 0.3) is 17.2 Å². The number of carbonyl (C=O) groups excluding carboxylic acids is 1. The summed E-state index contributed by atoms with van der Waals surface area (Å²) in [5.41, 5.74) is -0.529. The van der Waals surface area contributed by atoms with Gasteiger partial charge in [0.2, 0.25) is 5.43 Å². The molecular weight excluding hydrogens is 327 g/mol. The van der Waals surface area contributed by atoms with Gasteiger partial charge in [0.25, 0.3) is 0 Å². The van der Waals surface area contributed by atoms with Gasteiger partial charge < -0.3 is 19.5 Å². The van der Waals surface area contributed by atoms with Crippen LogP contribution in [0.3, 0.4) is 0 Å². The summed E-state index contributed by atoms with van der Waals surface area (Å²) < 4.78 is 20.9. The highest BCUT2D eigenvalue weighted by Crippen LogP contribution is 2.22. The van der Waals surface area contributed by atoms with Gasteiger partial charge in [-0.1, -0.05) is 6.58 Å². The van der Waals surface area contributed by atoms with E-state index >= 15 is 0 Å². The highest BCUT2D eigenvalue weighted by Gasteiger charge is 2.21. The van der Waals surface area contributed by atoms with Gasteiger partial charge >= 0.3 is 5.97 Å². The number of aromatic nitrogens is 2. The van der Waals surface area contributed by atoms with Gasteiger partial charge in [-0.3, -0.25) is 4.79 Å². The molecule has 0 unspecified atom stereocenters. The molecule has 1 aliphatic heterocycles. The first-order valence-electron chi connectivity index (χ1n) is 8.07. The lowest BCUT2D eigenvalue weighted by Crippen LogP contribution is -2.44. The first-order chi connectivity index (χ1) is 12.1. The molecule has 0 amide bonds. The molecule has 1 aliphatic rings. The molecule has 7 nitrogen and oxygen atoms in total. The normalized spacial score (nSPS) is 14.6. The van der Waals surface area contributed by atoms with Gasteiger partial charge in [0.05, 0.1) is 12.0 Å². The van der Waals surface area contributed by atoms with Crippen molar-refractivity contribution in [1.29, 1.82) is 0 Å². The van der Waals surface area contributed by atoms with E-state index in [1.165, 1.54) is 17.0 Å². The van der Waals surface area contributed by atoms with Crippen LogP contribution in [0.15, 0.2) is 23.6 Å². The number of nitrogens with zero attached hydrogens (tertiary/aromatic N) is 3. The topological polar surface area (TPSA) is 76.5 Å². The lowest BCUT2D eigenvalue weighted by molar-refractivity contribution is 0.0524. The van der Waals surface area contributed by atoms with Crippen molar-refractivity contribution in [1.82, 2.24) is 14.9 Å². The molecule has 132 valence electrons. The van der Waals surface area contributed by atoms with E-state index in [-0.39, 0.29) is 29.0 Å². The Hall–Kier alpha value is -2.74. The third-order valence-corrected chi connectivity index (χ3v) is 4.05. The second kappa shape index (κ2) is 7.02. The van der Waals surface area contributed by atoms with E-state index in [1.54, 1.807) is 6.92 Å². The first-order valence-corrected chi connectivity index (χ1v) is 8.07. The van der Waals surface area contributed by atoms with Crippen molar-refractivity contribution >= 4 is 29.0 Å². The van der Waals surface area contributed by atoms with Crippen molar-refractivity contribution in [2.75, 3.05) is 37.7 Å². The Balaban J connectivity index is 2.20. The highest BCUT2D eigenvalue weighted by atomic mass is 19.1. The molecule has 2 aromatic heterocycles. The lowest BCUT2D eigenvalue weighted by atomic mass is 10.2. The quantitative estimate of drug-likeness (QED) is 0.839. The minimum atomic E-state index is -0.753. The van der Waals surface area contributed by atoms with E-state index in [1.807, 2.05) is 4.90 Å². The van der Waals surface area contributed by atoms with Crippen LogP contribution in [0, 0.1) is 5.82 Å². The van der Waals surface area contributed by atoms with Crippen LogP contribution in [-0.4, -0.2) is 48.3 Å². The van der Waals surface area contributed by atoms with Gasteiger partial charge in [-0.25, -0.2) is 14.2 Å². The minimum absolute atomic E-state index is 0.0156. The number of halogens is 1. The van der Waals surface area contributed by atoms with E-state index in [9.17, 15) is 14.0 Å². The predicted octanol–water partition coefficient (Wildman–Crippen LogP) is 1.22. The Morgan fingerprint density at radius 1 is 1.48 bits per heavy atom. The molecule has 3 rings (SSSR count). The number of hydrogen-bond acceptors (Lipinski definition) is 6. The highest BCUT2D eigenvalue weighted by molar-refractivity contribution is 5.93. The second-order valence-corrected chi connectivity index (χ2v) is 5.58. The molecular formula is C17H19FN4O3. The molecule has 0 radical (unpaired) electrons. The summed E-state index contributed by atoms with van der Waals surface area (Å²) in [6.07, 6.45) is 2.74. The van der Waals surface area contributed by atoms with Gasteiger partial charge in [-0.2, -0.15) is 0 Å². The molecule has 0 atom stereocenters. The SMILES string of the molecule is C=Cn1cc(C(=O)OCC)c(=O)c2cc(F)c(N3CCNCC3)nc21. The number of hydrogen-bond donors (Lipinski definition) is 1. The molecule has 3 heterocycles. The summed E-state index contributed by atoms with van der Waals surface area (Å²) in [7, 11) is 0. The van der Waals surface area contributed by atoms with Crippen LogP contribution >= 0.6 is 0 Å². The number of rotatable bonds is 4. The maximum Gasteiger partial charge on any atom is 0.343 e. The summed E-state index contributed by atoms with van der Waals surface area (Å²) in [5, 5.41) is 3.21. The number of anilines is 1. The minimum Gasteiger partial charge on any atom is -0.462 e. The van der Waals surface area contributed by atoms with E-state index < -0.39 is 17.2 Å². The van der Waals surface area contributed by atoms with Crippen LogP contribution < -0.4 is 15.6 Å². The van der Waals surface area contributed by atoms with Crippen molar-refractivity contribution in [3.05, 3.63) is 40.4 Å². The Bertz CT molecular complexity index is 888. The van der Waals surface area contributed by atoms with E-state index in [0.29, 0.717) is 13.1 Å². The van der Waals surface area contributed by atoms with Gasteiger partial charge in [0.1, 0.15) is 5.56 Å². The average molecular weight is 346 g/mol. The Morgan fingerprint density at radius 2 is 2.20 bits per heavy atom. The molecule has 0 bridgehead atoms. The van der Waals surface area contributed by atoms with Gasteiger partial charge in [-0.05, 0) is 13.0 Å². The molecule has 1 saturated heterocycles. The molecule has 0 aromatic carbocycles. The fraction of sp³-hybridized carbons (Fsp3) is 0.353. The van der Waals surface area contributed by atoms with Crippen LogP contribution in [-0.2, 0) is 4.74 Å². The Labute approximate surface area is 143 Å². The van der Waals surface area contributed by atoms with E-state index in [2.05, 4.69) is 16.9 Å². The van der Waals surface area contributed by atoms with Gasteiger partial charge in [-0.15, -0.1) is 0 Å². The first kappa shape index (κ1) is 17.1. The second-order valence-electron chi connectivity index (χ2n) is 5.58. The van der Waals surface area contributed by atoms with Crippen molar-refractivity contribution in [3.63, 3.8) is 0 Å². The molecule has 0 spiro atoms. The number of nitrogens with one attached hydrogen (secondary N) is 1. The maximum atomic E-state index is 14.6. The molecule has 8 heteroatoms. The molecule has 1 N–H and O–H groups in total. The monoisotopic (exact) mass is 346 g/mol. The van der Waals surface area contributed by atoms with Crippen molar-refractivity contribution < 1.29 is 13.9 Å². The predicted molar refractivity (Wildman–Crippen MR) is 93.4 cm³/mol. The summed E-state index contributed by atoms with van der Waals surface area (Å²) in [5.74, 6) is -1.16. The molecule has 25 heavy (non-hydrogen) atoms. The zero-order chi connectivity index (χ0) is 18.0. The van der Waals surface area contributed by atoms with Crippen molar-refractivity contribution in [2.24, 2.45) is 0 Å². The standard InChI is InChI=1S/C17H19FN4O3/c1-3-21-10-12(17(24)25-4-2)14(23)11-9-13(18)16(20-15(11)21)22-7-5-19-6-8-22/h3,9-10,19H,1,4-8H2,2H3. The fourth-order valence-electron chi connectivity index (χ4n) is 2.83. The van der Waals surface area contributed by atoms with Crippen LogP contribution in [0.2, 0.25) is 0 Å². The maximum absolute atomic E-state index is 14.6. The largest absolute Gasteiger partial charge is 0.462 e. The van der Waals surface area contributed by atoms with Crippen LogP contribution in [0.4, 0.5) is 10.2 Å². The third kappa shape index (κ3) is 3.12. The Morgan fingerprint density at radius 3 is 2.84 bits per heavy atom. The number of piperazine rings is 1. The van der Waals surface area contributed by atoms with E-state index in [4.69, 9.17) is 4.74 Å². The number of pyridine rings is 2. The lowest BCUT2D eigenvalue weighted by Gasteiger charge is -2.28. The number of carbonyl (C=O) groups is 1. The summed E-state index contributed by atoms with van der Waals surface area (Å²) >= 11 is 0. The Kier molecular flexibility index (Phi) is 4.80. The summed E-state index contributed by atoms with van der Waals surface area (Å²) in [6.45, 7) is 8.16. The number of ether oxygens (including phenoxy) is 1. The van der Waals surface area contributed by atoms with Crippen LogP contribution in [0.5, 0.6) is 0 Å². The smallest absolute Gasteiger partial charge is 0.343 e. The van der Waals surface area contributed by atoms with Crippen molar-refractivity contribution in [3.8, 4) is 0 Å². The molecule has 1 fully saturated rings. The zero-order valence-corrected chi connectivity index (χ0v) is 13.9. The number of esters is 1. The molecule has 2 aromatic rings.